The van der Waals surface area contributed by atoms with Gasteiger partial charge >= 0.3 is 6.18 Å². The van der Waals surface area contributed by atoms with Gasteiger partial charge in [-0.1, -0.05) is 11.6 Å². The lowest BCUT2D eigenvalue weighted by Crippen LogP contribution is -2.45. The Morgan fingerprint density at radius 2 is 1.88 bits per heavy atom. The third-order valence-corrected chi connectivity index (χ3v) is 7.37. The van der Waals surface area contributed by atoms with E-state index >= 15 is 0 Å². The molecule has 1 amide bonds. The molecule has 3 aromatic heterocycles. The Morgan fingerprint density at radius 3 is 2.60 bits per heavy atom. The van der Waals surface area contributed by atoms with Crippen molar-refractivity contribution in [2.24, 2.45) is 0 Å². The Morgan fingerprint density at radius 1 is 1.12 bits per heavy atom. The number of likely N-dealkylation sites (N-methyl/N-ethyl adjacent to an activating group) is 1. The maximum Gasteiger partial charge on any atom is 0.416 e. The molecule has 1 aliphatic heterocycles. The smallest absolute Gasteiger partial charge is 0.385 e. The van der Waals surface area contributed by atoms with E-state index in [9.17, 15) is 26.7 Å². The Labute approximate surface area is 248 Å². The highest BCUT2D eigenvalue weighted by Crippen LogP contribution is 2.41. The number of hydrogen-bond donors (Lipinski definition) is 0. The van der Waals surface area contributed by atoms with Crippen LogP contribution in [-0.2, 0) is 28.7 Å². The van der Waals surface area contributed by atoms with Crippen LogP contribution in [0.3, 0.4) is 0 Å². The molecule has 0 aliphatic carbocycles. The van der Waals surface area contributed by atoms with Crippen molar-refractivity contribution < 1.29 is 31.5 Å². The summed E-state index contributed by atoms with van der Waals surface area (Å²) < 4.78 is 76.6. The van der Waals surface area contributed by atoms with Crippen LogP contribution >= 0.6 is 11.6 Å². The molecule has 0 fully saturated rings. The lowest BCUT2D eigenvalue weighted by atomic mass is 10.1. The first kappa shape index (κ1) is 30.4. The highest BCUT2D eigenvalue weighted by Gasteiger charge is 2.41. The zero-order chi connectivity index (χ0) is 31.1. The van der Waals surface area contributed by atoms with Crippen LogP contribution in [0.5, 0.6) is 0 Å². The fourth-order valence-electron chi connectivity index (χ4n) is 5.00. The molecule has 1 unspecified atom stereocenters. The van der Waals surface area contributed by atoms with E-state index in [0.29, 0.717) is 30.3 Å². The summed E-state index contributed by atoms with van der Waals surface area (Å²) in [5.74, 6) is -2.64. The average Bonchev–Trinajstić information content (AvgIpc) is 3.58. The van der Waals surface area contributed by atoms with E-state index < -0.39 is 40.3 Å². The topological polar surface area (TPSA) is 76.4 Å². The maximum atomic E-state index is 14.7. The highest BCUT2D eigenvalue weighted by atomic mass is 35.5. The number of methoxy groups -OCH3 is 1. The van der Waals surface area contributed by atoms with Crippen molar-refractivity contribution in [3.8, 4) is 11.1 Å². The average molecular weight is 621 g/mol. The summed E-state index contributed by atoms with van der Waals surface area (Å²) in [5.41, 5.74) is 0.828. The zero-order valence-corrected chi connectivity index (χ0v) is 24.0. The molecular formula is C29H26ClF5N6O2. The van der Waals surface area contributed by atoms with Crippen molar-refractivity contribution in [1.82, 2.24) is 19.7 Å². The van der Waals surface area contributed by atoms with E-state index in [0.717, 1.165) is 35.1 Å². The molecule has 0 spiro atoms. The van der Waals surface area contributed by atoms with E-state index in [4.69, 9.17) is 16.3 Å². The predicted molar refractivity (Wildman–Crippen MR) is 150 cm³/mol. The van der Waals surface area contributed by atoms with Crippen LogP contribution in [0.4, 0.5) is 39.3 Å². The Bertz CT molecular complexity index is 1680. The number of aromatic nitrogens is 4. The summed E-state index contributed by atoms with van der Waals surface area (Å²) in [6, 6.07) is 3.91. The number of benzene rings is 1. The van der Waals surface area contributed by atoms with Gasteiger partial charge in [-0.05, 0) is 43.2 Å². The molecule has 4 heterocycles. The zero-order valence-electron chi connectivity index (χ0n) is 23.3. The standard InChI is InChI=1S/C29H26ClF5N6O2/c1-16-7-20(29(33,34)35)10-26(38-16)41-25(28(42)39(2)24-11-21(30)22(31)12-23(24)32)9-17-8-18(13-36-27(17)41)19-14-37-40(15-19)5-4-6-43-3/h7-8,10-15,25H,4-6,9H2,1-3H3. The number of halogens is 6. The summed E-state index contributed by atoms with van der Waals surface area (Å²) in [5, 5.41) is 3.96. The van der Waals surface area contributed by atoms with Gasteiger partial charge in [-0.15, -0.1) is 0 Å². The monoisotopic (exact) mass is 620 g/mol. The fourth-order valence-corrected chi connectivity index (χ4v) is 5.15. The summed E-state index contributed by atoms with van der Waals surface area (Å²) in [7, 11) is 2.89. The van der Waals surface area contributed by atoms with Gasteiger partial charge in [0.2, 0.25) is 5.91 Å². The number of amides is 1. The third kappa shape index (κ3) is 6.18. The number of fused-ring (bicyclic) bond motifs is 1. The first-order valence-electron chi connectivity index (χ1n) is 13.1. The van der Waals surface area contributed by atoms with E-state index in [-0.39, 0.29) is 29.4 Å². The second kappa shape index (κ2) is 11.9. The minimum absolute atomic E-state index is 0.0227. The van der Waals surface area contributed by atoms with Crippen molar-refractivity contribution in [2.75, 3.05) is 30.6 Å². The molecule has 0 bridgehead atoms. The second-order valence-corrected chi connectivity index (χ2v) is 10.5. The lowest BCUT2D eigenvalue weighted by Gasteiger charge is -2.29. The Balaban J connectivity index is 1.56. The number of alkyl halides is 3. The molecule has 0 saturated heterocycles. The van der Waals surface area contributed by atoms with E-state index in [1.165, 1.54) is 18.9 Å². The van der Waals surface area contributed by atoms with Gasteiger partial charge in [-0.25, -0.2) is 18.7 Å². The Hall–Kier alpha value is -4.10. The summed E-state index contributed by atoms with van der Waals surface area (Å²) >= 11 is 5.85. The number of rotatable bonds is 8. The molecule has 1 aromatic carbocycles. The van der Waals surface area contributed by atoms with Crippen molar-refractivity contribution in [1.29, 1.82) is 0 Å². The molecule has 1 aliphatic rings. The number of ether oxygens (including phenoxy) is 1. The van der Waals surface area contributed by atoms with Gasteiger partial charge in [-0.3, -0.25) is 14.4 Å². The largest absolute Gasteiger partial charge is 0.416 e. The minimum atomic E-state index is -4.67. The molecule has 4 aromatic rings. The van der Waals surface area contributed by atoms with Gasteiger partial charge in [-0.2, -0.15) is 18.3 Å². The molecule has 43 heavy (non-hydrogen) atoms. The van der Waals surface area contributed by atoms with E-state index in [1.807, 2.05) is 6.20 Å². The molecule has 0 N–H and O–H groups in total. The van der Waals surface area contributed by atoms with Gasteiger partial charge in [0.05, 0.1) is 22.5 Å². The molecular weight excluding hydrogens is 595 g/mol. The maximum absolute atomic E-state index is 14.7. The minimum Gasteiger partial charge on any atom is -0.385 e. The molecule has 5 rings (SSSR count). The van der Waals surface area contributed by atoms with Gasteiger partial charge in [0.25, 0.3) is 0 Å². The number of anilines is 3. The third-order valence-electron chi connectivity index (χ3n) is 7.08. The van der Waals surface area contributed by atoms with Crippen molar-refractivity contribution in [3.63, 3.8) is 0 Å². The lowest BCUT2D eigenvalue weighted by molar-refractivity contribution is -0.137. The SMILES string of the molecule is COCCCn1cc(-c2cnc3c(c2)CC(C(=O)N(C)c2cc(Cl)c(F)cc2F)N3c2cc(C(F)(F)F)cc(C)n2)cn1. The van der Waals surface area contributed by atoms with Crippen LogP contribution in [-0.4, -0.2) is 52.5 Å². The van der Waals surface area contributed by atoms with Crippen LogP contribution in [0.25, 0.3) is 11.1 Å². The summed E-state index contributed by atoms with van der Waals surface area (Å²) in [6.45, 7) is 2.62. The Kier molecular flexibility index (Phi) is 8.39. The van der Waals surface area contributed by atoms with Crippen LogP contribution in [0.1, 0.15) is 23.2 Å². The van der Waals surface area contributed by atoms with Gasteiger partial charge in [0.15, 0.2) is 0 Å². The van der Waals surface area contributed by atoms with Crippen LogP contribution in [0.15, 0.2) is 48.9 Å². The molecule has 14 heteroatoms. The number of carbonyl (C=O) groups is 1. The van der Waals surface area contributed by atoms with Crippen molar-refractivity contribution >= 4 is 34.8 Å². The number of pyridine rings is 2. The molecule has 0 saturated carbocycles. The normalized spacial score (nSPS) is 14.7. The molecule has 0 radical (unpaired) electrons. The first-order chi connectivity index (χ1) is 20.4. The van der Waals surface area contributed by atoms with Gasteiger partial charge in [0.1, 0.15) is 29.3 Å². The van der Waals surface area contributed by atoms with Crippen LogP contribution in [0.2, 0.25) is 5.02 Å². The van der Waals surface area contributed by atoms with E-state index in [1.54, 1.807) is 30.3 Å². The molecule has 8 nitrogen and oxygen atoms in total. The fraction of sp³-hybridized carbons (Fsp3) is 0.310. The first-order valence-corrected chi connectivity index (χ1v) is 13.5. The summed E-state index contributed by atoms with van der Waals surface area (Å²) in [4.78, 5) is 25.0. The van der Waals surface area contributed by atoms with Gasteiger partial charge in [0, 0.05) is 69.0 Å². The molecule has 226 valence electrons. The van der Waals surface area contributed by atoms with E-state index in [2.05, 4.69) is 15.1 Å². The number of carbonyl (C=O) groups excluding carboxylic acids is 1. The predicted octanol–water partition coefficient (Wildman–Crippen LogP) is 6.36. The van der Waals surface area contributed by atoms with Crippen LogP contribution in [0, 0.1) is 18.6 Å². The highest BCUT2D eigenvalue weighted by molar-refractivity contribution is 6.31. The van der Waals surface area contributed by atoms with Crippen molar-refractivity contribution in [2.45, 2.75) is 38.5 Å². The quantitative estimate of drug-likeness (QED) is 0.130. The second-order valence-electron chi connectivity index (χ2n) is 10.1. The number of hydrogen-bond acceptors (Lipinski definition) is 6. The molecule has 1 atom stereocenters. The van der Waals surface area contributed by atoms with Gasteiger partial charge < -0.3 is 9.64 Å². The number of nitrogens with zero attached hydrogens (tertiary/aromatic N) is 6. The number of aryl methyl sites for hydroxylation is 2. The van der Waals surface area contributed by atoms with Crippen LogP contribution < -0.4 is 9.80 Å². The van der Waals surface area contributed by atoms with Crippen molar-refractivity contribution in [3.05, 3.63) is 82.4 Å². The summed E-state index contributed by atoms with van der Waals surface area (Å²) in [6.07, 6.45) is 1.15.